The van der Waals surface area contributed by atoms with Gasteiger partial charge in [0.2, 0.25) is 5.91 Å². The van der Waals surface area contributed by atoms with Crippen LogP contribution >= 0.6 is 0 Å². The minimum Gasteiger partial charge on any atom is -0.352 e. The van der Waals surface area contributed by atoms with E-state index in [4.69, 9.17) is 0 Å². The summed E-state index contributed by atoms with van der Waals surface area (Å²) in [5.74, 6) is 0.0884. The number of carbonyl (C=O) groups is 1. The van der Waals surface area contributed by atoms with Crippen LogP contribution in [0.15, 0.2) is 48.5 Å². The maximum atomic E-state index is 11.6. The minimum atomic E-state index is 0.0884. The number of carbonyl (C=O) groups excluding carboxylic acids is 1. The summed E-state index contributed by atoms with van der Waals surface area (Å²) in [6, 6.07) is 17.8. The van der Waals surface area contributed by atoms with Crippen LogP contribution in [-0.2, 0) is 11.3 Å². The maximum Gasteiger partial charge on any atom is 0.219 e. The molecule has 2 aromatic rings. The van der Waals surface area contributed by atoms with E-state index < -0.39 is 0 Å². The molecular formula is C23H30N2O. The van der Waals surface area contributed by atoms with Gasteiger partial charge in [0.1, 0.15) is 0 Å². The third-order valence-electron chi connectivity index (χ3n) is 5.46. The fraction of sp³-hybridized carbons (Fsp3) is 0.435. The van der Waals surface area contributed by atoms with E-state index in [1.54, 1.807) is 0 Å². The fourth-order valence-electron chi connectivity index (χ4n) is 3.73. The van der Waals surface area contributed by atoms with Gasteiger partial charge in [0, 0.05) is 19.0 Å². The van der Waals surface area contributed by atoms with Crippen LogP contribution in [0, 0.1) is 0 Å². The van der Waals surface area contributed by atoms with Crippen molar-refractivity contribution in [1.82, 2.24) is 10.2 Å². The van der Waals surface area contributed by atoms with Gasteiger partial charge in [0.05, 0.1) is 0 Å². The lowest BCUT2D eigenvalue weighted by Crippen LogP contribution is -2.32. The Kier molecular flexibility index (Phi) is 6.45. The lowest BCUT2D eigenvalue weighted by molar-refractivity contribution is -0.120. The van der Waals surface area contributed by atoms with Crippen LogP contribution in [0.1, 0.15) is 56.7 Å². The first-order chi connectivity index (χ1) is 12.7. The van der Waals surface area contributed by atoms with Crippen molar-refractivity contribution in [2.24, 2.45) is 0 Å². The van der Waals surface area contributed by atoms with Crippen molar-refractivity contribution >= 4 is 5.91 Å². The van der Waals surface area contributed by atoms with Crippen LogP contribution in [-0.4, -0.2) is 23.9 Å². The highest BCUT2D eigenvalue weighted by atomic mass is 16.1. The Balaban J connectivity index is 1.75. The van der Waals surface area contributed by atoms with Crippen molar-refractivity contribution in [3.63, 3.8) is 0 Å². The number of hydrogen-bond acceptors (Lipinski definition) is 2. The van der Waals surface area contributed by atoms with E-state index in [2.05, 4.69) is 59.6 Å². The van der Waals surface area contributed by atoms with Crippen molar-refractivity contribution in [2.75, 3.05) is 13.1 Å². The number of nitrogens with zero attached hydrogens (tertiary/aromatic N) is 1. The number of amides is 1. The Morgan fingerprint density at radius 1 is 1.04 bits per heavy atom. The Labute approximate surface area is 157 Å². The summed E-state index contributed by atoms with van der Waals surface area (Å²) in [5, 5.41) is 2.99. The monoisotopic (exact) mass is 350 g/mol. The van der Waals surface area contributed by atoms with Crippen molar-refractivity contribution < 1.29 is 4.79 Å². The number of nitrogens with one attached hydrogen (secondary N) is 1. The van der Waals surface area contributed by atoms with Gasteiger partial charge >= 0.3 is 0 Å². The van der Waals surface area contributed by atoms with Crippen LogP contribution in [0.3, 0.4) is 0 Å². The smallest absolute Gasteiger partial charge is 0.219 e. The Morgan fingerprint density at radius 2 is 1.73 bits per heavy atom. The van der Waals surface area contributed by atoms with Crippen LogP contribution in [0.5, 0.6) is 0 Å². The molecule has 1 heterocycles. The lowest BCUT2D eigenvalue weighted by atomic mass is 9.96. The molecule has 1 fully saturated rings. The molecule has 0 unspecified atom stereocenters. The molecule has 1 saturated heterocycles. The average Bonchev–Trinajstić information content (AvgIpc) is 2.72. The number of benzene rings is 2. The molecule has 1 amide bonds. The molecule has 1 N–H and O–H groups in total. The molecule has 1 atom stereocenters. The van der Waals surface area contributed by atoms with Gasteiger partial charge in [-0.3, -0.25) is 9.69 Å². The summed E-state index contributed by atoms with van der Waals surface area (Å²) >= 11 is 0. The number of likely N-dealkylation sites (tertiary alicyclic amines) is 1. The predicted octanol–water partition coefficient (Wildman–Crippen LogP) is 4.93. The van der Waals surface area contributed by atoms with E-state index in [-0.39, 0.29) is 5.91 Å². The average molecular weight is 351 g/mol. The first kappa shape index (κ1) is 18.7. The van der Waals surface area contributed by atoms with Crippen molar-refractivity contribution in [3.05, 3.63) is 59.7 Å². The molecule has 3 rings (SSSR count). The summed E-state index contributed by atoms with van der Waals surface area (Å²) in [5.41, 5.74) is 4.94. The minimum absolute atomic E-state index is 0.0884. The molecule has 1 aliphatic heterocycles. The van der Waals surface area contributed by atoms with Crippen LogP contribution in [0.4, 0.5) is 0 Å². The zero-order chi connectivity index (χ0) is 18.4. The third kappa shape index (κ3) is 4.53. The van der Waals surface area contributed by atoms with Crippen molar-refractivity contribution in [1.29, 1.82) is 0 Å². The van der Waals surface area contributed by atoms with E-state index >= 15 is 0 Å². The van der Waals surface area contributed by atoms with Crippen molar-refractivity contribution in [3.8, 4) is 11.1 Å². The third-order valence-corrected chi connectivity index (χ3v) is 5.46. The summed E-state index contributed by atoms with van der Waals surface area (Å²) < 4.78 is 0. The second-order valence-corrected chi connectivity index (χ2v) is 7.18. The number of rotatable bonds is 6. The fourth-order valence-corrected chi connectivity index (χ4v) is 3.73. The van der Waals surface area contributed by atoms with Gasteiger partial charge in [0.25, 0.3) is 0 Å². The van der Waals surface area contributed by atoms with Crippen LogP contribution in [0.25, 0.3) is 11.1 Å². The molecule has 2 aromatic carbocycles. The zero-order valence-electron chi connectivity index (χ0n) is 16.0. The molecule has 0 radical (unpaired) electrons. The maximum absolute atomic E-state index is 11.6. The normalized spacial score (nSPS) is 16.2. The highest BCUT2D eigenvalue weighted by molar-refractivity contribution is 5.76. The molecule has 0 bridgehead atoms. The number of piperidine rings is 1. The molecule has 0 spiro atoms. The zero-order valence-corrected chi connectivity index (χ0v) is 16.0. The van der Waals surface area contributed by atoms with E-state index in [0.29, 0.717) is 19.0 Å². The molecule has 3 nitrogen and oxygen atoms in total. The van der Waals surface area contributed by atoms with Crippen molar-refractivity contribution in [2.45, 2.75) is 52.1 Å². The van der Waals surface area contributed by atoms with Crippen LogP contribution < -0.4 is 5.32 Å². The van der Waals surface area contributed by atoms with E-state index in [0.717, 1.165) is 5.56 Å². The molecule has 3 heteroatoms. The topological polar surface area (TPSA) is 32.3 Å². The molecule has 0 aliphatic carbocycles. The Bertz CT molecular complexity index is 717. The van der Waals surface area contributed by atoms with Gasteiger partial charge in [-0.2, -0.15) is 0 Å². The van der Waals surface area contributed by atoms with Gasteiger partial charge in [-0.1, -0.05) is 61.9 Å². The molecule has 0 aromatic heterocycles. The molecule has 0 saturated carbocycles. The summed E-state index contributed by atoms with van der Waals surface area (Å²) in [6.45, 7) is 7.19. The number of hydrogen-bond donors (Lipinski definition) is 1. The first-order valence-corrected chi connectivity index (χ1v) is 9.88. The van der Waals surface area contributed by atoms with E-state index in [9.17, 15) is 4.79 Å². The van der Waals surface area contributed by atoms with Gasteiger partial charge in [0.15, 0.2) is 0 Å². The largest absolute Gasteiger partial charge is 0.352 e. The molecule has 26 heavy (non-hydrogen) atoms. The lowest BCUT2D eigenvalue weighted by Gasteiger charge is -2.32. The Morgan fingerprint density at radius 3 is 2.42 bits per heavy atom. The Hall–Kier alpha value is -2.13. The second-order valence-electron chi connectivity index (χ2n) is 7.18. The highest BCUT2D eigenvalue weighted by Gasteiger charge is 2.18. The predicted molar refractivity (Wildman–Crippen MR) is 108 cm³/mol. The van der Waals surface area contributed by atoms with Gasteiger partial charge < -0.3 is 5.32 Å². The van der Waals surface area contributed by atoms with E-state index in [1.165, 1.54) is 49.0 Å². The summed E-state index contributed by atoms with van der Waals surface area (Å²) in [7, 11) is 0. The van der Waals surface area contributed by atoms with Crippen LogP contribution in [0.2, 0.25) is 0 Å². The SMILES string of the molecule is CCC(=O)NCc1ccccc1-c1ccc([C@@H](C)N2CCCCC2)cc1. The van der Waals surface area contributed by atoms with Gasteiger partial charge in [-0.05, 0) is 55.1 Å². The highest BCUT2D eigenvalue weighted by Crippen LogP contribution is 2.28. The summed E-state index contributed by atoms with van der Waals surface area (Å²) in [6.07, 6.45) is 4.53. The standard InChI is InChI=1S/C23H30N2O/c1-3-23(26)24-17-21-9-5-6-10-22(21)20-13-11-19(12-14-20)18(2)25-15-7-4-8-16-25/h5-6,9-14,18H,3-4,7-8,15-17H2,1-2H3,(H,24,26)/t18-/m1/s1. The van der Waals surface area contributed by atoms with E-state index in [1.807, 2.05) is 13.0 Å². The van der Waals surface area contributed by atoms with Gasteiger partial charge in [-0.15, -0.1) is 0 Å². The molecular weight excluding hydrogens is 320 g/mol. The molecule has 138 valence electrons. The second kappa shape index (κ2) is 9.00. The first-order valence-electron chi connectivity index (χ1n) is 9.88. The quantitative estimate of drug-likeness (QED) is 0.801. The molecule has 1 aliphatic rings. The summed E-state index contributed by atoms with van der Waals surface area (Å²) in [4.78, 5) is 14.2. The van der Waals surface area contributed by atoms with Gasteiger partial charge in [-0.25, -0.2) is 0 Å².